The molecule has 158 valence electrons. The van der Waals surface area contributed by atoms with Crippen molar-refractivity contribution < 1.29 is 19.0 Å². The predicted molar refractivity (Wildman–Crippen MR) is 126 cm³/mol. The van der Waals surface area contributed by atoms with E-state index in [1.54, 1.807) is 6.08 Å². The molecule has 0 saturated carbocycles. The number of thioether (sulfide) groups is 1. The largest absolute Gasteiger partial charge is 0.493 e. The third kappa shape index (κ3) is 6.14. The van der Waals surface area contributed by atoms with Gasteiger partial charge in [-0.2, -0.15) is 0 Å². The quantitative estimate of drug-likeness (QED) is 0.306. The first-order valence-electron chi connectivity index (χ1n) is 9.49. The maximum atomic E-state index is 11.8. The van der Waals surface area contributed by atoms with Gasteiger partial charge in [-0.05, 0) is 61.4 Å². The second kappa shape index (κ2) is 10.7. The summed E-state index contributed by atoms with van der Waals surface area (Å²) in [5.74, 6) is 1.89. The Morgan fingerprint density at radius 1 is 1.10 bits per heavy atom. The molecule has 2 aromatic rings. The molecule has 0 aliphatic carbocycles. The van der Waals surface area contributed by atoms with Crippen molar-refractivity contribution in [3.8, 4) is 17.2 Å². The van der Waals surface area contributed by atoms with Crippen LogP contribution in [0, 0.1) is 6.92 Å². The van der Waals surface area contributed by atoms with Crippen molar-refractivity contribution in [3.63, 3.8) is 0 Å². The van der Waals surface area contributed by atoms with Crippen molar-refractivity contribution in [2.75, 3.05) is 19.8 Å². The molecule has 0 bridgehead atoms. The monoisotopic (exact) mass is 463 g/mol. The third-order valence-electron chi connectivity index (χ3n) is 4.15. The van der Waals surface area contributed by atoms with E-state index in [2.05, 4.69) is 5.32 Å². The Labute approximate surface area is 190 Å². The number of nitrogens with one attached hydrogen (secondary N) is 1. The van der Waals surface area contributed by atoms with Gasteiger partial charge >= 0.3 is 0 Å². The summed E-state index contributed by atoms with van der Waals surface area (Å²) >= 11 is 12.3. The lowest BCUT2D eigenvalue weighted by molar-refractivity contribution is -0.115. The number of hydrogen-bond donors (Lipinski definition) is 1. The highest BCUT2D eigenvalue weighted by atomic mass is 35.5. The molecule has 1 fully saturated rings. The van der Waals surface area contributed by atoms with Gasteiger partial charge in [-0.1, -0.05) is 41.6 Å². The number of carbonyl (C=O) groups is 1. The van der Waals surface area contributed by atoms with E-state index in [1.807, 2.05) is 50.2 Å². The molecule has 5 nitrogen and oxygen atoms in total. The van der Waals surface area contributed by atoms with Crippen LogP contribution in [0.5, 0.6) is 17.2 Å². The van der Waals surface area contributed by atoms with Gasteiger partial charge in [0, 0.05) is 11.4 Å². The predicted octanol–water partition coefficient (Wildman–Crippen LogP) is 5.38. The van der Waals surface area contributed by atoms with Crippen molar-refractivity contribution in [3.05, 3.63) is 57.5 Å². The lowest BCUT2D eigenvalue weighted by Crippen LogP contribution is -2.17. The summed E-state index contributed by atoms with van der Waals surface area (Å²) in [5.41, 5.74) is 1.83. The molecule has 8 heteroatoms. The zero-order valence-corrected chi connectivity index (χ0v) is 19.1. The van der Waals surface area contributed by atoms with Gasteiger partial charge in [-0.25, -0.2) is 0 Å². The van der Waals surface area contributed by atoms with Gasteiger partial charge in [-0.3, -0.25) is 4.79 Å². The fourth-order valence-corrected chi connectivity index (χ4v) is 3.87. The number of benzene rings is 2. The standard InChI is InChI=1S/C22H22ClNO4S2/c1-3-26-19-12-15(13-20-21(25)24-22(29)30-20)5-8-18(19)28-10-4-9-27-16-6-7-17(23)14(2)11-16/h5-8,11-13H,3-4,9-10H2,1-2H3,(H,24,25,29). The van der Waals surface area contributed by atoms with Crippen molar-refractivity contribution in [1.82, 2.24) is 5.32 Å². The van der Waals surface area contributed by atoms with E-state index in [9.17, 15) is 4.79 Å². The minimum Gasteiger partial charge on any atom is -0.493 e. The van der Waals surface area contributed by atoms with E-state index < -0.39 is 0 Å². The van der Waals surface area contributed by atoms with Crippen LogP contribution in [0.2, 0.25) is 5.02 Å². The van der Waals surface area contributed by atoms with E-state index in [-0.39, 0.29) is 5.91 Å². The molecule has 2 aromatic carbocycles. The number of ether oxygens (including phenoxy) is 3. The second-order valence-electron chi connectivity index (χ2n) is 6.45. The number of thiocarbonyl (C=S) groups is 1. The van der Waals surface area contributed by atoms with Gasteiger partial charge in [0.25, 0.3) is 5.91 Å². The summed E-state index contributed by atoms with van der Waals surface area (Å²) in [6.07, 6.45) is 2.50. The van der Waals surface area contributed by atoms with E-state index in [1.165, 1.54) is 11.8 Å². The number of amides is 1. The fraction of sp³-hybridized carbons (Fsp3) is 0.273. The molecule has 1 saturated heterocycles. The maximum absolute atomic E-state index is 11.8. The van der Waals surface area contributed by atoms with Crippen LogP contribution in [0.3, 0.4) is 0 Å². The average Bonchev–Trinajstić information content (AvgIpc) is 3.02. The van der Waals surface area contributed by atoms with Crippen LogP contribution in [-0.4, -0.2) is 30.0 Å². The summed E-state index contributed by atoms with van der Waals surface area (Å²) in [7, 11) is 0. The molecule has 0 radical (unpaired) electrons. The minimum absolute atomic E-state index is 0.181. The molecular weight excluding hydrogens is 442 g/mol. The molecule has 0 unspecified atom stereocenters. The van der Waals surface area contributed by atoms with Crippen LogP contribution in [-0.2, 0) is 4.79 Å². The molecule has 3 rings (SSSR count). The average molecular weight is 464 g/mol. The third-order valence-corrected chi connectivity index (χ3v) is 5.74. The first kappa shape index (κ1) is 22.5. The topological polar surface area (TPSA) is 56.8 Å². The summed E-state index contributed by atoms with van der Waals surface area (Å²) in [4.78, 5) is 12.4. The highest BCUT2D eigenvalue weighted by molar-refractivity contribution is 8.26. The number of halogens is 1. The smallest absolute Gasteiger partial charge is 0.263 e. The Morgan fingerprint density at radius 3 is 2.60 bits per heavy atom. The maximum Gasteiger partial charge on any atom is 0.263 e. The SMILES string of the molecule is CCOc1cc(C=C2SC(=S)NC2=O)ccc1OCCCOc1ccc(Cl)c(C)c1. The molecule has 0 atom stereocenters. The Bertz CT molecular complexity index is 978. The van der Waals surface area contributed by atoms with Gasteiger partial charge in [0.15, 0.2) is 11.5 Å². The summed E-state index contributed by atoms with van der Waals surface area (Å²) in [6.45, 7) is 5.38. The van der Waals surface area contributed by atoms with Gasteiger partial charge in [0.05, 0.1) is 24.7 Å². The Morgan fingerprint density at radius 2 is 1.90 bits per heavy atom. The molecule has 0 aromatic heterocycles. The molecule has 1 heterocycles. The van der Waals surface area contributed by atoms with Gasteiger partial charge in [0.2, 0.25) is 0 Å². The first-order valence-corrected chi connectivity index (χ1v) is 11.1. The number of rotatable bonds is 9. The van der Waals surface area contributed by atoms with E-state index in [0.29, 0.717) is 47.0 Å². The van der Waals surface area contributed by atoms with Crippen molar-refractivity contribution in [2.45, 2.75) is 20.3 Å². The van der Waals surface area contributed by atoms with Crippen LogP contribution in [0.1, 0.15) is 24.5 Å². The molecule has 0 spiro atoms. The Kier molecular flexibility index (Phi) is 8.01. The highest BCUT2D eigenvalue weighted by Crippen LogP contribution is 2.32. The van der Waals surface area contributed by atoms with Crippen LogP contribution in [0.25, 0.3) is 6.08 Å². The lowest BCUT2D eigenvalue weighted by atomic mass is 10.2. The summed E-state index contributed by atoms with van der Waals surface area (Å²) in [5, 5.41) is 3.33. The fourth-order valence-electron chi connectivity index (χ4n) is 2.71. The van der Waals surface area contributed by atoms with Gasteiger partial charge in [0.1, 0.15) is 10.1 Å². The molecule has 1 aliphatic rings. The second-order valence-corrected chi connectivity index (χ2v) is 8.58. The zero-order chi connectivity index (χ0) is 21.5. The Hall–Kier alpha value is -2.22. The molecule has 1 aliphatic heterocycles. The van der Waals surface area contributed by atoms with Crippen LogP contribution >= 0.6 is 35.6 Å². The minimum atomic E-state index is -0.181. The summed E-state index contributed by atoms with van der Waals surface area (Å²) < 4.78 is 17.8. The lowest BCUT2D eigenvalue weighted by Gasteiger charge is -2.13. The molecule has 30 heavy (non-hydrogen) atoms. The summed E-state index contributed by atoms with van der Waals surface area (Å²) in [6, 6.07) is 11.2. The molecule has 1 amide bonds. The van der Waals surface area contributed by atoms with Crippen molar-refractivity contribution in [2.24, 2.45) is 0 Å². The first-order chi connectivity index (χ1) is 14.5. The van der Waals surface area contributed by atoms with Crippen molar-refractivity contribution in [1.29, 1.82) is 0 Å². The number of aryl methyl sites for hydroxylation is 1. The van der Waals surface area contributed by atoms with Crippen LogP contribution < -0.4 is 19.5 Å². The van der Waals surface area contributed by atoms with E-state index in [4.69, 9.17) is 38.0 Å². The molecule has 1 N–H and O–H groups in total. The highest BCUT2D eigenvalue weighted by Gasteiger charge is 2.22. The zero-order valence-electron chi connectivity index (χ0n) is 16.7. The normalized spacial score (nSPS) is 14.7. The van der Waals surface area contributed by atoms with E-state index in [0.717, 1.165) is 21.9 Å². The number of carbonyl (C=O) groups excluding carboxylic acids is 1. The van der Waals surface area contributed by atoms with Gasteiger partial charge in [-0.15, -0.1) is 0 Å². The van der Waals surface area contributed by atoms with Gasteiger partial charge < -0.3 is 19.5 Å². The van der Waals surface area contributed by atoms with Crippen molar-refractivity contribution >= 4 is 51.9 Å². The van der Waals surface area contributed by atoms with Crippen LogP contribution in [0.4, 0.5) is 0 Å². The van der Waals surface area contributed by atoms with E-state index >= 15 is 0 Å². The molecular formula is C22H22ClNO4S2. The van der Waals surface area contributed by atoms with Crippen LogP contribution in [0.15, 0.2) is 41.3 Å². The number of hydrogen-bond acceptors (Lipinski definition) is 6. The Balaban J connectivity index is 1.56.